The predicted molar refractivity (Wildman–Crippen MR) is 88.8 cm³/mol. The van der Waals surface area contributed by atoms with Crippen molar-refractivity contribution >= 4 is 0 Å². The second kappa shape index (κ2) is 5.87. The first-order valence-electron chi connectivity index (χ1n) is 7.24. The summed E-state index contributed by atoms with van der Waals surface area (Å²) in [6, 6.07) is 18.3. The highest BCUT2D eigenvalue weighted by Gasteiger charge is 2.07. The Hall–Kier alpha value is -2.86. The highest BCUT2D eigenvalue weighted by molar-refractivity contribution is 5.60. The summed E-state index contributed by atoms with van der Waals surface area (Å²) in [6.45, 7) is 11.5. The number of rotatable bonds is 3. The van der Waals surface area contributed by atoms with Crippen molar-refractivity contribution in [1.29, 1.82) is 0 Å². The zero-order valence-corrected chi connectivity index (χ0v) is 12.7. The predicted octanol–water partition coefficient (Wildman–Crippen LogP) is 4.58. The van der Waals surface area contributed by atoms with Crippen molar-refractivity contribution in [2.75, 3.05) is 0 Å². The molecule has 0 spiro atoms. The number of pyridine rings is 1. The molecule has 0 fully saturated rings. The molecular weight excluding hydrogens is 270 g/mol. The van der Waals surface area contributed by atoms with Crippen molar-refractivity contribution < 1.29 is 0 Å². The van der Waals surface area contributed by atoms with Crippen LogP contribution < -0.4 is 0 Å². The molecule has 0 atom stereocenters. The molecular formula is C19H17N3. The molecule has 0 aliphatic rings. The molecule has 3 nitrogen and oxygen atoms in total. The zero-order chi connectivity index (χ0) is 15.5. The fourth-order valence-corrected chi connectivity index (χ4v) is 2.61. The van der Waals surface area contributed by atoms with Crippen molar-refractivity contribution in [2.45, 2.75) is 20.4 Å². The first-order chi connectivity index (χ1) is 10.7. The molecule has 3 rings (SSSR count). The van der Waals surface area contributed by atoms with Crippen LogP contribution in [0, 0.1) is 20.4 Å². The minimum Gasteiger partial charge on any atom is -0.312 e. The average molecular weight is 287 g/mol. The number of hydrogen-bond acceptors (Lipinski definition) is 1. The minimum absolute atomic E-state index is 0.426. The summed E-state index contributed by atoms with van der Waals surface area (Å²) in [7, 11) is 0. The van der Waals surface area contributed by atoms with E-state index in [1.807, 2.05) is 42.5 Å². The van der Waals surface area contributed by atoms with Crippen molar-refractivity contribution in [3.8, 4) is 17.1 Å². The van der Waals surface area contributed by atoms with Gasteiger partial charge in [-0.2, -0.15) is 0 Å². The largest absolute Gasteiger partial charge is 0.312 e. The maximum Gasteiger partial charge on any atom is 0.239 e. The van der Waals surface area contributed by atoms with Gasteiger partial charge in [0.25, 0.3) is 0 Å². The van der Waals surface area contributed by atoms with Gasteiger partial charge in [0.05, 0.1) is 5.69 Å². The maximum absolute atomic E-state index is 6.92. The van der Waals surface area contributed by atoms with Crippen molar-refractivity contribution in [3.63, 3.8) is 0 Å². The summed E-state index contributed by atoms with van der Waals surface area (Å²) in [5.74, 6) is 0.933. The van der Waals surface area contributed by atoms with Crippen molar-refractivity contribution in [2.24, 2.45) is 0 Å². The van der Waals surface area contributed by atoms with Gasteiger partial charge in [0.2, 0.25) is 6.54 Å². The molecule has 0 radical (unpaired) electrons. The molecule has 0 saturated carbocycles. The Morgan fingerprint density at radius 2 is 1.64 bits per heavy atom. The molecule has 0 aliphatic carbocycles. The van der Waals surface area contributed by atoms with Gasteiger partial charge in [-0.15, -0.1) is 0 Å². The van der Waals surface area contributed by atoms with E-state index in [-0.39, 0.29) is 0 Å². The Balaban J connectivity index is 2.00. The van der Waals surface area contributed by atoms with Gasteiger partial charge >= 0.3 is 0 Å². The monoisotopic (exact) mass is 287 g/mol. The van der Waals surface area contributed by atoms with Gasteiger partial charge in [0, 0.05) is 22.5 Å². The Labute approximate surface area is 130 Å². The second-order valence-corrected chi connectivity index (χ2v) is 5.35. The SMILES string of the molecule is [C-]#[N+]Cc1ccc(-c2cccc(-n3c(C)ccc3C)n2)cc1. The van der Waals surface area contributed by atoms with Gasteiger partial charge in [-0.25, -0.2) is 11.6 Å². The molecule has 0 unspecified atom stereocenters. The fourth-order valence-electron chi connectivity index (χ4n) is 2.61. The Morgan fingerprint density at radius 3 is 2.27 bits per heavy atom. The lowest BCUT2D eigenvalue weighted by molar-refractivity contribution is 0.924. The third-order valence-corrected chi connectivity index (χ3v) is 3.75. The zero-order valence-electron chi connectivity index (χ0n) is 12.7. The molecule has 0 bridgehead atoms. The Kier molecular flexibility index (Phi) is 3.76. The van der Waals surface area contributed by atoms with Gasteiger partial charge in [0.1, 0.15) is 5.82 Å². The minimum atomic E-state index is 0.426. The van der Waals surface area contributed by atoms with Gasteiger partial charge in [-0.05, 0) is 38.1 Å². The lowest BCUT2D eigenvalue weighted by Gasteiger charge is -2.10. The molecule has 0 aliphatic heterocycles. The van der Waals surface area contributed by atoms with Crippen LogP contribution in [-0.2, 0) is 6.54 Å². The summed E-state index contributed by atoms with van der Waals surface area (Å²) in [5.41, 5.74) is 5.40. The quantitative estimate of drug-likeness (QED) is 0.647. The van der Waals surface area contributed by atoms with E-state index in [0.29, 0.717) is 6.54 Å². The smallest absolute Gasteiger partial charge is 0.239 e. The van der Waals surface area contributed by atoms with Crippen molar-refractivity contribution in [1.82, 2.24) is 9.55 Å². The topological polar surface area (TPSA) is 22.2 Å². The van der Waals surface area contributed by atoms with Crippen LogP contribution in [0.15, 0.2) is 54.6 Å². The van der Waals surface area contributed by atoms with E-state index in [9.17, 15) is 0 Å². The summed E-state index contributed by atoms with van der Waals surface area (Å²) in [5, 5.41) is 0. The molecule has 1 aromatic carbocycles. The number of benzene rings is 1. The molecule has 2 heterocycles. The lowest BCUT2D eigenvalue weighted by Crippen LogP contribution is -2.02. The number of hydrogen-bond donors (Lipinski definition) is 0. The Morgan fingerprint density at radius 1 is 0.955 bits per heavy atom. The number of aromatic nitrogens is 2. The Bertz CT molecular complexity index is 816. The molecule has 0 N–H and O–H groups in total. The van der Waals surface area contributed by atoms with Gasteiger partial charge in [-0.1, -0.05) is 30.3 Å². The summed E-state index contributed by atoms with van der Waals surface area (Å²) < 4.78 is 2.15. The molecule has 0 amide bonds. The number of aryl methyl sites for hydroxylation is 2. The summed E-state index contributed by atoms with van der Waals surface area (Å²) in [6.07, 6.45) is 0. The van der Waals surface area contributed by atoms with Crippen LogP contribution in [-0.4, -0.2) is 9.55 Å². The van der Waals surface area contributed by atoms with E-state index in [4.69, 9.17) is 11.6 Å². The van der Waals surface area contributed by atoms with Crippen LogP contribution in [0.1, 0.15) is 17.0 Å². The van der Waals surface area contributed by atoms with Crippen LogP contribution in [0.25, 0.3) is 21.9 Å². The van der Waals surface area contributed by atoms with E-state index in [2.05, 4.69) is 35.4 Å². The van der Waals surface area contributed by atoms with Crippen LogP contribution in [0.4, 0.5) is 0 Å². The van der Waals surface area contributed by atoms with E-state index >= 15 is 0 Å². The molecule has 3 aromatic rings. The molecule has 108 valence electrons. The summed E-state index contributed by atoms with van der Waals surface area (Å²) in [4.78, 5) is 8.19. The van der Waals surface area contributed by atoms with Crippen LogP contribution in [0.3, 0.4) is 0 Å². The van der Waals surface area contributed by atoms with Crippen LogP contribution in [0.5, 0.6) is 0 Å². The van der Waals surface area contributed by atoms with E-state index in [1.54, 1.807) is 0 Å². The second-order valence-electron chi connectivity index (χ2n) is 5.35. The first kappa shape index (κ1) is 14.1. The normalized spacial score (nSPS) is 10.4. The van der Waals surface area contributed by atoms with Gasteiger partial charge < -0.3 is 9.41 Å². The summed E-state index contributed by atoms with van der Waals surface area (Å²) >= 11 is 0. The molecule has 3 heteroatoms. The van der Waals surface area contributed by atoms with Crippen LogP contribution in [0.2, 0.25) is 0 Å². The van der Waals surface area contributed by atoms with E-state index in [1.165, 1.54) is 11.4 Å². The standard InChI is InChI=1S/C19H17N3/c1-14-7-8-15(2)22(14)19-6-4-5-18(21-19)17-11-9-16(10-12-17)13-20-3/h4-12H,13H2,1-2H3. The highest BCUT2D eigenvalue weighted by Crippen LogP contribution is 2.21. The third-order valence-electron chi connectivity index (χ3n) is 3.75. The molecule has 2 aromatic heterocycles. The molecule has 0 saturated heterocycles. The van der Waals surface area contributed by atoms with Crippen molar-refractivity contribution in [3.05, 3.63) is 83.0 Å². The van der Waals surface area contributed by atoms with Gasteiger partial charge in [0.15, 0.2) is 0 Å². The number of nitrogens with zero attached hydrogens (tertiary/aromatic N) is 3. The van der Waals surface area contributed by atoms with Crippen LogP contribution >= 0.6 is 0 Å². The first-order valence-corrected chi connectivity index (χ1v) is 7.24. The van der Waals surface area contributed by atoms with E-state index < -0.39 is 0 Å². The van der Waals surface area contributed by atoms with Gasteiger partial charge in [-0.3, -0.25) is 0 Å². The highest BCUT2D eigenvalue weighted by atomic mass is 15.1. The lowest BCUT2D eigenvalue weighted by atomic mass is 10.1. The third kappa shape index (κ3) is 2.64. The average Bonchev–Trinajstić information content (AvgIpc) is 2.87. The fraction of sp³-hybridized carbons (Fsp3) is 0.158. The maximum atomic E-state index is 6.92. The molecule has 22 heavy (non-hydrogen) atoms. The van der Waals surface area contributed by atoms with E-state index in [0.717, 1.165) is 22.6 Å².